The average Bonchev–Trinajstić information content (AvgIpc) is 2.94. The molecule has 1 aromatic heterocycles. The Morgan fingerprint density at radius 1 is 1.09 bits per heavy atom. The van der Waals surface area contributed by atoms with Gasteiger partial charge in [0.25, 0.3) is 0 Å². The summed E-state index contributed by atoms with van der Waals surface area (Å²) in [6.45, 7) is 5.97. The Balaban J connectivity index is 1.71. The van der Waals surface area contributed by atoms with Crippen LogP contribution in [0.15, 0.2) is 54.7 Å². The number of aromatic nitrogens is 1. The third-order valence-electron chi connectivity index (χ3n) is 3.60. The number of fused-ring (bicyclic) bond motifs is 1. The maximum absolute atomic E-state index is 5.87. The molecular weight excluding hydrogens is 272 g/mol. The minimum Gasteiger partial charge on any atom is -0.489 e. The van der Waals surface area contributed by atoms with Crippen LogP contribution in [0.1, 0.15) is 19.4 Å². The molecule has 3 rings (SSSR count). The predicted molar refractivity (Wildman–Crippen MR) is 92.4 cm³/mol. The van der Waals surface area contributed by atoms with Gasteiger partial charge >= 0.3 is 0 Å². The van der Waals surface area contributed by atoms with Crippen molar-refractivity contribution in [2.75, 3.05) is 11.9 Å². The Hall–Kier alpha value is -2.42. The van der Waals surface area contributed by atoms with Gasteiger partial charge in [-0.2, -0.15) is 0 Å². The molecule has 2 N–H and O–H groups in total. The average molecular weight is 294 g/mol. The SMILES string of the molecule is CC(C)CNc1c[nH]c2cc(OCc3ccccc3)ccc12. The molecule has 0 saturated carbocycles. The third-order valence-corrected chi connectivity index (χ3v) is 3.60. The molecule has 114 valence electrons. The van der Waals surface area contributed by atoms with Gasteiger partial charge in [-0.15, -0.1) is 0 Å². The maximum Gasteiger partial charge on any atom is 0.121 e. The summed E-state index contributed by atoms with van der Waals surface area (Å²) in [7, 11) is 0. The van der Waals surface area contributed by atoms with Crippen LogP contribution in [0.2, 0.25) is 0 Å². The minimum atomic E-state index is 0.589. The van der Waals surface area contributed by atoms with Gasteiger partial charge in [-0.05, 0) is 23.6 Å². The van der Waals surface area contributed by atoms with E-state index >= 15 is 0 Å². The van der Waals surface area contributed by atoms with Crippen LogP contribution in [0.5, 0.6) is 5.75 Å². The van der Waals surface area contributed by atoms with E-state index in [0.29, 0.717) is 12.5 Å². The lowest BCUT2D eigenvalue weighted by atomic mass is 10.2. The summed E-state index contributed by atoms with van der Waals surface area (Å²) in [4.78, 5) is 3.31. The van der Waals surface area contributed by atoms with E-state index in [1.54, 1.807) is 0 Å². The second-order valence-corrected chi connectivity index (χ2v) is 5.96. The van der Waals surface area contributed by atoms with E-state index in [1.165, 1.54) is 10.9 Å². The quantitative estimate of drug-likeness (QED) is 0.684. The molecule has 3 heteroatoms. The maximum atomic E-state index is 5.87. The Morgan fingerprint density at radius 3 is 2.68 bits per heavy atom. The van der Waals surface area contributed by atoms with Crippen molar-refractivity contribution in [1.29, 1.82) is 0 Å². The molecule has 0 unspecified atom stereocenters. The third kappa shape index (κ3) is 3.42. The first kappa shape index (κ1) is 14.5. The zero-order valence-electron chi connectivity index (χ0n) is 13.1. The second-order valence-electron chi connectivity index (χ2n) is 5.96. The zero-order valence-corrected chi connectivity index (χ0v) is 13.1. The van der Waals surface area contributed by atoms with E-state index in [-0.39, 0.29) is 0 Å². The van der Waals surface area contributed by atoms with Gasteiger partial charge in [0.1, 0.15) is 12.4 Å². The lowest BCUT2D eigenvalue weighted by Gasteiger charge is -2.08. The molecule has 0 spiro atoms. The molecule has 2 aromatic carbocycles. The van der Waals surface area contributed by atoms with Crippen LogP contribution in [0.3, 0.4) is 0 Å². The van der Waals surface area contributed by atoms with Crippen molar-refractivity contribution in [2.24, 2.45) is 5.92 Å². The fourth-order valence-corrected chi connectivity index (χ4v) is 2.40. The van der Waals surface area contributed by atoms with Crippen molar-refractivity contribution in [3.63, 3.8) is 0 Å². The molecule has 22 heavy (non-hydrogen) atoms. The molecule has 0 fully saturated rings. The largest absolute Gasteiger partial charge is 0.489 e. The zero-order chi connectivity index (χ0) is 15.4. The Morgan fingerprint density at radius 2 is 1.91 bits per heavy atom. The smallest absolute Gasteiger partial charge is 0.121 e. The number of nitrogens with one attached hydrogen (secondary N) is 2. The highest BCUT2D eigenvalue weighted by Crippen LogP contribution is 2.27. The van der Waals surface area contributed by atoms with Crippen molar-refractivity contribution in [1.82, 2.24) is 4.98 Å². The van der Waals surface area contributed by atoms with E-state index in [1.807, 2.05) is 30.5 Å². The van der Waals surface area contributed by atoms with Gasteiger partial charge in [-0.3, -0.25) is 0 Å². The number of aromatic amines is 1. The van der Waals surface area contributed by atoms with Gasteiger partial charge < -0.3 is 15.0 Å². The van der Waals surface area contributed by atoms with Crippen molar-refractivity contribution in [2.45, 2.75) is 20.5 Å². The summed E-state index contributed by atoms with van der Waals surface area (Å²) in [5.74, 6) is 1.51. The van der Waals surface area contributed by atoms with Gasteiger partial charge in [0.15, 0.2) is 0 Å². The minimum absolute atomic E-state index is 0.589. The highest BCUT2D eigenvalue weighted by atomic mass is 16.5. The van der Waals surface area contributed by atoms with Crippen molar-refractivity contribution < 1.29 is 4.74 Å². The summed E-state index contributed by atoms with van der Waals surface area (Å²) >= 11 is 0. The van der Waals surface area contributed by atoms with Crippen LogP contribution in [0, 0.1) is 5.92 Å². The topological polar surface area (TPSA) is 37.0 Å². The van der Waals surface area contributed by atoms with Gasteiger partial charge in [0.2, 0.25) is 0 Å². The number of benzene rings is 2. The number of anilines is 1. The Bertz CT molecular complexity index is 732. The van der Waals surface area contributed by atoms with Crippen LogP contribution in [0.25, 0.3) is 10.9 Å². The summed E-state index contributed by atoms with van der Waals surface area (Å²) in [6.07, 6.45) is 2.02. The molecule has 0 aliphatic heterocycles. The summed E-state index contributed by atoms with van der Waals surface area (Å²) in [5.41, 5.74) is 3.42. The number of hydrogen-bond donors (Lipinski definition) is 2. The van der Waals surface area contributed by atoms with Crippen LogP contribution >= 0.6 is 0 Å². The van der Waals surface area contributed by atoms with Crippen LogP contribution in [-0.2, 0) is 6.61 Å². The van der Waals surface area contributed by atoms with E-state index in [4.69, 9.17) is 4.74 Å². The van der Waals surface area contributed by atoms with Gasteiger partial charge in [-0.25, -0.2) is 0 Å². The predicted octanol–water partition coefficient (Wildman–Crippen LogP) is 4.81. The fraction of sp³-hybridized carbons (Fsp3) is 0.263. The molecule has 0 aliphatic rings. The molecule has 0 saturated heterocycles. The Labute approximate surface area is 131 Å². The summed E-state index contributed by atoms with van der Waals surface area (Å²) in [5, 5.41) is 4.67. The van der Waals surface area contributed by atoms with E-state index in [2.05, 4.69) is 48.4 Å². The van der Waals surface area contributed by atoms with Crippen LogP contribution in [0.4, 0.5) is 5.69 Å². The molecule has 0 amide bonds. The highest BCUT2D eigenvalue weighted by Gasteiger charge is 2.05. The number of H-pyrrole nitrogens is 1. The first-order chi connectivity index (χ1) is 10.7. The molecule has 3 aromatic rings. The number of hydrogen-bond acceptors (Lipinski definition) is 2. The normalized spacial score (nSPS) is 11.0. The lowest BCUT2D eigenvalue weighted by Crippen LogP contribution is -2.07. The lowest BCUT2D eigenvalue weighted by molar-refractivity contribution is 0.306. The summed E-state index contributed by atoms with van der Waals surface area (Å²) < 4.78 is 5.87. The summed E-state index contributed by atoms with van der Waals surface area (Å²) in [6, 6.07) is 16.4. The van der Waals surface area contributed by atoms with Gasteiger partial charge in [0, 0.05) is 24.2 Å². The molecule has 3 nitrogen and oxygen atoms in total. The first-order valence-corrected chi connectivity index (χ1v) is 7.74. The van der Waals surface area contributed by atoms with E-state index < -0.39 is 0 Å². The molecule has 0 radical (unpaired) electrons. The Kier molecular flexibility index (Phi) is 4.33. The van der Waals surface area contributed by atoms with E-state index in [9.17, 15) is 0 Å². The van der Waals surface area contributed by atoms with Crippen LogP contribution < -0.4 is 10.1 Å². The second kappa shape index (κ2) is 6.56. The highest BCUT2D eigenvalue weighted by molar-refractivity contribution is 5.93. The fourth-order valence-electron chi connectivity index (χ4n) is 2.40. The monoisotopic (exact) mass is 294 g/mol. The molecule has 1 heterocycles. The standard InChI is InChI=1S/C19H22N2O/c1-14(2)11-20-19-12-21-18-10-16(8-9-17(18)19)22-13-15-6-4-3-5-7-15/h3-10,12,14,20-21H,11,13H2,1-2H3. The van der Waals surface area contributed by atoms with Crippen molar-refractivity contribution in [3.8, 4) is 5.75 Å². The van der Waals surface area contributed by atoms with E-state index in [0.717, 1.165) is 23.5 Å². The first-order valence-electron chi connectivity index (χ1n) is 7.74. The van der Waals surface area contributed by atoms with Gasteiger partial charge in [0.05, 0.1) is 11.2 Å². The van der Waals surface area contributed by atoms with Crippen molar-refractivity contribution >= 4 is 16.6 Å². The number of rotatable bonds is 6. The van der Waals surface area contributed by atoms with Gasteiger partial charge in [-0.1, -0.05) is 44.2 Å². The number of ether oxygens (including phenoxy) is 1. The van der Waals surface area contributed by atoms with Crippen LogP contribution in [-0.4, -0.2) is 11.5 Å². The molecule has 0 aliphatic carbocycles. The van der Waals surface area contributed by atoms with Crippen molar-refractivity contribution in [3.05, 3.63) is 60.3 Å². The molecule has 0 atom stereocenters. The molecular formula is C19H22N2O. The molecule has 0 bridgehead atoms.